The molecular formula is C4H13N3O5. The molecule has 8 heteroatoms. The molecule has 12 heavy (non-hydrogen) atoms. The lowest BCUT2D eigenvalue weighted by Gasteiger charge is -2.14. The number of carbonyl (C=O) groups is 2. The van der Waals surface area contributed by atoms with Gasteiger partial charge in [0.25, 0.3) is 0 Å². The van der Waals surface area contributed by atoms with Crippen LogP contribution in [0.25, 0.3) is 0 Å². The van der Waals surface area contributed by atoms with E-state index in [0.717, 1.165) is 0 Å². The summed E-state index contributed by atoms with van der Waals surface area (Å²) in [5.41, 5.74) is 0. The van der Waals surface area contributed by atoms with Crippen LogP contribution in [0.1, 0.15) is 0 Å². The van der Waals surface area contributed by atoms with Crippen molar-refractivity contribution >= 4 is 11.9 Å². The van der Waals surface area contributed by atoms with Crippen LogP contribution in [0.3, 0.4) is 0 Å². The minimum Gasteiger partial charge on any atom is -0.549 e. The molecule has 0 aromatic carbocycles. The standard InChI is InChI=1S/C4H7NO5.2H3N/c6-3(7)1-5(10)2-4(8)9;;/h10H,1-2H2,(H,6,7)(H,8,9);2*1H3. The molecule has 0 atom stereocenters. The molecule has 0 rings (SSSR count). The molecule has 0 heterocycles. The van der Waals surface area contributed by atoms with Gasteiger partial charge in [-0.2, -0.15) is 5.06 Å². The summed E-state index contributed by atoms with van der Waals surface area (Å²) >= 11 is 0. The molecule has 8 nitrogen and oxygen atoms in total. The smallest absolute Gasteiger partial charge is 0.0639 e. The Morgan fingerprint density at radius 2 is 1.33 bits per heavy atom. The molecule has 0 bridgehead atoms. The summed E-state index contributed by atoms with van der Waals surface area (Å²) in [6.07, 6.45) is 0. The van der Waals surface area contributed by atoms with E-state index in [1.165, 1.54) is 0 Å². The van der Waals surface area contributed by atoms with E-state index in [0.29, 0.717) is 0 Å². The zero-order chi connectivity index (χ0) is 8.15. The molecular weight excluding hydrogens is 170 g/mol. The number of rotatable bonds is 4. The number of nitrogens with zero attached hydrogens (tertiary/aromatic N) is 1. The predicted octanol–water partition coefficient (Wildman–Crippen LogP) is -3.07. The van der Waals surface area contributed by atoms with Gasteiger partial charge in [-0.05, 0) is 0 Å². The second-order valence-electron chi connectivity index (χ2n) is 1.57. The van der Waals surface area contributed by atoms with E-state index in [4.69, 9.17) is 5.21 Å². The van der Waals surface area contributed by atoms with Gasteiger partial charge in [0.15, 0.2) is 0 Å². The Balaban J connectivity index is -0.000000405. The second-order valence-corrected chi connectivity index (χ2v) is 1.57. The van der Waals surface area contributed by atoms with Crippen LogP contribution in [0.5, 0.6) is 0 Å². The van der Waals surface area contributed by atoms with Gasteiger partial charge in [0.2, 0.25) is 0 Å². The van der Waals surface area contributed by atoms with Gasteiger partial charge in [-0.15, -0.1) is 0 Å². The number of carboxylic acids is 2. The maximum atomic E-state index is 9.67. The minimum atomic E-state index is -1.55. The zero-order valence-electron chi connectivity index (χ0n) is 6.94. The molecule has 9 N–H and O–H groups in total. The van der Waals surface area contributed by atoms with Crippen molar-refractivity contribution in [3.05, 3.63) is 0 Å². The number of quaternary nitrogens is 2. The molecule has 0 spiro atoms. The maximum Gasteiger partial charge on any atom is 0.0639 e. The molecule has 0 aromatic rings. The van der Waals surface area contributed by atoms with E-state index in [-0.39, 0.29) is 17.4 Å². The van der Waals surface area contributed by atoms with E-state index < -0.39 is 25.0 Å². The Morgan fingerprint density at radius 3 is 1.50 bits per heavy atom. The van der Waals surface area contributed by atoms with Gasteiger partial charge in [-0.25, -0.2) is 0 Å². The third-order valence-electron chi connectivity index (χ3n) is 0.623. The first-order valence-electron chi connectivity index (χ1n) is 2.36. The number of hydrogen-bond acceptors (Lipinski definition) is 6. The average Bonchev–Trinajstić information content (AvgIpc) is 1.58. The van der Waals surface area contributed by atoms with Crippen LogP contribution in [0.15, 0.2) is 0 Å². The SMILES string of the molecule is O=C([O-])CN(O)CC(=O)[O-].[NH4+].[NH4+]. The number of hydroxylamine groups is 2. The summed E-state index contributed by atoms with van der Waals surface area (Å²) < 4.78 is 0. The first-order chi connectivity index (χ1) is 4.52. The Hall–Kier alpha value is -1.22. The molecule has 0 aliphatic heterocycles. The highest BCUT2D eigenvalue weighted by atomic mass is 16.5. The second kappa shape index (κ2) is 7.88. The first kappa shape index (κ1) is 17.0. The Labute approximate surface area is 68.5 Å². The number of carbonyl (C=O) groups excluding carboxylic acids is 2. The largest absolute Gasteiger partial charge is 0.549 e. The number of hydrogen-bond donors (Lipinski definition) is 3. The molecule has 0 fully saturated rings. The lowest BCUT2D eigenvalue weighted by atomic mass is 10.6. The number of carboxylic acid groups (broad SMARTS) is 2. The molecule has 0 unspecified atom stereocenters. The monoisotopic (exact) mass is 183 g/mol. The van der Waals surface area contributed by atoms with Crippen LogP contribution in [0, 0.1) is 0 Å². The molecule has 0 radical (unpaired) electrons. The summed E-state index contributed by atoms with van der Waals surface area (Å²) in [5.74, 6) is -3.10. The van der Waals surface area contributed by atoms with Crippen LogP contribution in [0.2, 0.25) is 0 Å². The molecule has 0 amide bonds. The van der Waals surface area contributed by atoms with Crippen molar-refractivity contribution in [2.24, 2.45) is 0 Å². The Morgan fingerprint density at radius 1 is 1.08 bits per heavy atom. The minimum absolute atomic E-state index is 0. The summed E-state index contributed by atoms with van der Waals surface area (Å²) in [5, 5.41) is 27.8. The molecule has 0 aromatic heterocycles. The van der Waals surface area contributed by atoms with Crippen molar-refractivity contribution in [2.75, 3.05) is 13.1 Å². The van der Waals surface area contributed by atoms with Crippen LogP contribution in [-0.4, -0.2) is 35.3 Å². The third kappa shape index (κ3) is 11.6. The molecule has 0 aliphatic rings. The fourth-order valence-corrected chi connectivity index (χ4v) is 0.354. The molecule has 0 saturated heterocycles. The van der Waals surface area contributed by atoms with Crippen molar-refractivity contribution in [3.63, 3.8) is 0 Å². The highest BCUT2D eigenvalue weighted by molar-refractivity contribution is 5.69. The van der Waals surface area contributed by atoms with Gasteiger partial charge >= 0.3 is 0 Å². The van der Waals surface area contributed by atoms with E-state index in [9.17, 15) is 19.8 Å². The van der Waals surface area contributed by atoms with Gasteiger partial charge in [-0.1, -0.05) is 0 Å². The van der Waals surface area contributed by atoms with Gasteiger partial charge in [-0.3, -0.25) is 0 Å². The van der Waals surface area contributed by atoms with Crippen LogP contribution >= 0.6 is 0 Å². The van der Waals surface area contributed by atoms with Crippen LogP contribution in [0.4, 0.5) is 0 Å². The molecule has 0 aliphatic carbocycles. The topological polar surface area (TPSA) is 177 Å². The van der Waals surface area contributed by atoms with Crippen LogP contribution < -0.4 is 22.5 Å². The quantitative estimate of drug-likeness (QED) is 0.389. The highest BCUT2D eigenvalue weighted by Crippen LogP contribution is 1.76. The fraction of sp³-hybridized carbons (Fsp3) is 0.500. The van der Waals surface area contributed by atoms with E-state index in [1.54, 1.807) is 0 Å². The summed E-state index contributed by atoms with van der Waals surface area (Å²) in [7, 11) is 0. The lowest BCUT2D eigenvalue weighted by molar-refractivity contribution is -0.318. The average molecular weight is 183 g/mol. The Bertz CT molecular complexity index is 134. The Kier molecular flexibility index (Phi) is 11.2. The van der Waals surface area contributed by atoms with Crippen molar-refractivity contribution in [2.45, 2.75) is 0 Å². The summed E-state index contributed by atoms with van der Waals surface area (Å²) in [6.45, 7) is -1.68. The summed E-state index contributed by atoms with van der Waals surface area (Å²) in [6, 6.07) is 0. The zero-order valence-corrected chi connectivity index (χ0v) is 6.94. The molecule has 74 valence electrons. The van der Waals surface area contributed by atoms with Gasteiger partial charge < -0.3 is 37.3 Å². The van der Waals surface area contributed by atoms with E-state index >= 15 is 0 Å². The normalized spacial score (nSPS) is 8.17. The third-order valence-corrected chi connectivity index (χ3v) is 0.623. The van der Waals surface area contributed by atoms with Gasteiger partial charge in [0.05, 0.1) is 25.0 Å². The fourth-order valence-electron chi connectivity index (χ4n) is 0.354. The van der Waals surface area contributed by atoms with E-state index in [1.807, 2.05) is 0 Å². The van der Waals surface area contributed by atoms with Crippen molar-refractivity contribution in [3.8, 4) is 0 Å². The van der Waals surface area contributed by atoms with Gasteiger partial charge in [0.1, 0.15) is 0 Å². The van der Waals surface area contributed by atoms with Crippen molar-refractivity contribution in [1.82, 2.24) is 17.4 Å². The van der Waals surface area contributed by atoms with Crippen LogP contribution in [-0.2, 0) is 9.59 Å². The maximum absolute atomic E-state index is 9.67. The first-order valence-corrected chi connectivity index (χ1v) is 2.36. The number of aliphatic carboxylic acids is 2. The lowest BCUT2D eigenvalue weighted by Crippen LogP contribution is -2.42. The predicted molar refractivity (Wildman–Crippen MR) is 35.3 cm³/mol. The highest BCUT2D eigenvalue weighted by Gasteiger charge is 1.98. The molecule has 0 saturated carbocycles. The summed E-state index contributed by atoms with van der Waals surface area (Å²) in [4.78, 5) is 19.3. The van der Waals surface area contributed by atoms with E-state index in [2.05, 4.69) is 0 Å². The van der Waals surface area contributed by atoms with Crippen molar-refractivity contribution in [1.29, 1.82) is 0 Å². The van der Waals surface area contributed by atoms with Gasteiger partial charge in [0, 0.05) is 0 Å². The van der Waals surface area contributed by atoms with Crippen molar-refractivity contribution < 1.29 is 25.0 Å².